The van der Waals surface area contributed by atoms with Crippen LogP contribution in [0.4, 0.5) is 0 Å². The number of thioether (sulfide) groups is 1. The third-order valence-corrected chi connectivity index (χ3v) is 3.62. The molecule has 0 aromatic carbocycles. The fourth-order valence-corrected chi connectivity index (χ4v) is 3.31. The molecule has 1 aliphatic heterocycles. The van der Waals surface area contributed by atoms with Crippen molar-refractivity contribution in [1.82, 2.24) is 0 Å². The molecule has 2 unspecified atom stereocenters. The van der Waals surface area contributed by atoms with Gasteiger partial charge in [0.25, 0.3) is 0 Å². The topological polar surface area (TPSA) is 0 Å². The highest BCUT2D eigenvalue weighted by atomic mass is 32.2. The van der Waals surface area contributed by atoms with E-state index in [0.29, 0.717) is 0 Å². The van der Waals surface area contributed by atoms with Gasteiger partial charge in [-0.25, -0.2) is 0 Å². The van der Waals surface area contributed by atoms with Gasteiger partial charge >= 0.3 is 0 Å². The van der Waals surface area contributed by atoms with Crippen molar-refractivity contribution in [3.8, 4) is 0 Å². The Morgan fingerprint density at radius 3 is 2.14 bits per heavy atom. The number of hydrogen-bond donors (Lipinski definition) is 0. The minimum absolute atomic E-state index is 1.10. The molecule has 1 saturated heterocycles. The lowest BCUT2D eigenvalue weighted by atomic mass is 10.4. The third kappa shape index (κ3) is 0.449. The minimum Gasteiger partial charge on any atom is -0.161 e. The van der Waals surface area contributed by atoms with Crippen LogP contribution in [0.2, 0.25) is 0 Å². The lowest BCUT2D eigenvalue weighted by molar-refractivity contribution is 0.830. The van der Waals surface area contributed by atoms with Crippen molar-refractivity contribution in [1.29, 1.82) is 0 Å². The Morgan fingerprint density at radius 1 is 1.29 bits per heavy atom. The van der Waals surface area contributed by atoms with E-state index in [2.05, 4.69) is 18.7 Å². The monoisotopic (exact) mass is 114 g/mol. The predicted octanol–water partition coefficient (Wildman–Crippen LogP) is 1.62. The van der Waals surface area contributed by atoms with Crippen LogP contribution in [0.15, 0.2) is 0 Å². The Kier molecular flexibility index (Phi) is 0.724. The van der Waals surface area contributed by atoms with Crippen molar-refractivity contribution >= 4 is 11.8 Å². The summed E-state index contributed by atoms with van der Waals surface area (Å²) in [6.45, 7) is 2.38. The van der Waals surface area contributed by atoms with Crippen molar-refractivity contribution in [3.05, 3.63) is 0 Å². The van der Waals surface area contributed by atoms with Gasteiger partial charge in [0.15, 0.2) is 0 Å². The first-order chi connectivity index (χ1) is 3.39. The molecule has 2 atom stereocenters. The van der Waals surface area contributed by atoms with Crippen LogP contribution < -0.4 is 0 Å². The van der Waals surface area contributed by atoms with E-state index in [1.807, 2.05) is 0 Å². The Hall–Kier alpha value is 0.350. The standard InChI is InChI=1S/C6H10S/c1-4-5-2-7-3-6(4)5/h4-6H,2-3H2,1H3. The highest BCUT2D eigenvalue weighted by Gasteiger charge is 2.49. The van der Waals surface area contributed by atoms with E-state index in [9.17, 15) is 0 Å². The van der Waals surface area contributed by atoms with E-state index in [1.54, 1.807) is 0 Å². The van der Waals surface area contributed by atoms with Crippen molar-refractivity contribution in [2.45, 2.75) is 6.92 Å². The maximum absolute atomic E-state index is 2.38. The largest absolute Gasteiger partial charge is 0.161 e. The van der Waals surface area contributed by atoms with Gasteiger partial charge in [0.05, 0.1) is 0 Å². The molecule has 0 amide bonds. The van der Waals surface area contributed by atoms with Gasteiger partial charge in [0, 0.05) is 0 Å². The van der Waals surface area contributed by atoms with Gasteiger partial charge < -0.3 is 0 Å². The summed E-state index contributed by atoms with van der Waals surface area (Å²) in [5.74, 6) is 6.31. The van der Waals surface area contributed by atoms with Gasteiger partial charge in [0.2, 0.25) is 0 Å². The minimum atomic E-state index is 1.10. The summed E-state index contributed by atoms with van der Waals surface area (Å²) >= 11 is 2.14. The quantitative estimate of drug-likeness (QED) is 0.461. The van der Waals surface area contributed by atoms with Crippen molar-refractivity contribution < 1.29 is 0 Å². The number of rotatable bonds is 0. The molecule has 1 aliphatic carbocycles. The van der Waals surface area contributed by atoms with E-state index in [-0.39, 0.29) is 0 Å². The second-order valence-electron chi connectivity index (χ2n) is 2.72. The summed E-state index contributed by atoms with van der Waals surface area (Å²) in [7, 11) is 0. The second kappa shape index (κ2) is 1.19. The summed E-state index contributed by atoms with van der Waals surface area (Å²) in [4.78, 5) is 0. The molecular weight excluding hydrogens is 104 g/mol. The van der Waals surface area contributed by atoms with Crippen LogP contribution in [0, 0.1) is 17.8 Å². The van der Waals surface area contributed by atoms with Gasteiger partial charge in [-0.2, -0.15) is 11.8 Å². The number of fused-ring (bicyclic) bond motifs is 1. The van der Waals surface area contributed by atoms with E-state index < -0.39 is 0 Å². The molecule has 2 aliphatic rings. The van der Waals surface area contributed by atoms with E-state index >= 15 is 0 Å². The average Bonchev–Trinajstić information content (AvgIpc) is 2.26. The molecular formula is C6H10S. The Morgan fingerprint density at radius 2 is 1.86 bits per heavy atom. The summed E-state index contributed by atoms with van der Waals surface area (Å²) in [5, 5.41) is 0. The first-order valence-electron chi connectivity index (χ1n) is 2.97. The Balaban J connectivity index is 2.06. The first kappa shape index (κ1) is 4.25. The maximum Gasteiger partial charge on any atom is -0.00333 e. The molecule has 1 saturated carbocycles. The van der Waals surface area contributed by atoms with Gasteiger partial charge in [0.1, 0.15) is 0 Å². The molecule has 0 nitrogen and oxygen atoms in total. The van der Waals surface area contributed by atoms with Crippen molar-refractivity contribution in [2.75, 3.05) is 11.5 Å². The highest BCUT2D eigenvalue weighted by molar-refractivity contribution is 7.99. The Labute approximate surface area is 48.7 Å². The lowest BCUT2D eigenvalue weighted by Crippen LogP contribution is -1.81. The molecule has 40 valence electrons. The first-order valence-corrected chi connectivity index (χ1v) is 4.13. The molecule has 0 aromatic rings. The van der Waals surface area contributed by atoms with Crippen LogP contribution in [0.25, 0.3) is 0 Å². The molecule has 0 bridgehead atoms. The van der Waals surface area contributed by atoms with Crippen LogP contribution in [0.3, 0.4) is 0 Å². The SMILES string of the molecule is CC1C2CSCC12. The van der Waals surface area contributed by atoms with E-state index in [0.717, 1.165) is 17.8 Å². The van der Waals surface area contributed by atoms with E-state index in [4.69, 9.17) is 0 Å². The molecule has 0 N–H and O–H groups in total. The lowest BCUT2D eigenvalue weighted by Gasteiger charge is -1.90. The van der Waals surface area contributed by atoms with Crippen molar-refractivity contribution in [2.24, 2.45) is 17.8 Å². The van der Waals surface area contributed by atoms with E-state index in [1.165, 1.54) is 11.5 Å². The predicted molar refractivity (Wildman–Crippen MR) is 33.5 cm³/mol. The van der Waals surface area contributed by atoms with Crippen LogP contribution in [-0.2, 0) is 0 Å². The summed E-state index contributed by atoms with van der Waals surface area (Å²) in [6.07, 6.45) is 0. The molecule has 0 aromatic heterocycles. The molecule has 1 heterocycles. The van der Waals surface area contributed by atoms with Gasteiger partial charge in [-0.15, -0.1) is 0 Å². The van der Waals surface area contributed by atoms with Gasteiger partial charge in [-0.3, -0.25) is 0 Å². The molecule has 7 heavy (non-hydrogen) atoms. The summed E-state index contributed by atoms with van der Waals surface area (Å²) in [5.41, 5.74) is 0. The average molecular weight is 114 g/mol. The number of hydrogen-bond acceptors (Lipinski definition) is 1. The zero-order valence-electron chi connectivity index (χ0n) is 4.55. The van der Waals surface area contributed by atoms with Crippen LogP contribution in [0.5, 0.6) is 0 Å². The van der Waals surface area contributed by atoms with Crippen LogP contribution in [-0.4, -0.2) is 11.5 Å². The molecule has 1 heteroatoms. The maximum atomic E-state index is 2.38. The van der Waals surface area contributed by atoms with Crippen molar-refractivity contribution in [3.63, 3.8) is 0 Å². The zero-order valence-corrected chi connectivity index (χ0v) is 5.37. The fraction of sp³-hybridized carbons (Fsp3) is 1.00. The van der Waals surface area contributed by atoms with Gasteiger partial charge in [-0.05, 0) is 29.3 Å². The molecule has 0 radical (unpaired) electrons. The smallest absolute Gasteiger partial charge is 0.00333 e. The Bertz CT molecular complexity index is 80.2. The fourth-order valence-electron chi connectivity index (χ4n) is 1.53. The molecule has 2 fully saturated rings. The normalized spacial score (nSPS) is 57.0. The molecule has 0 spiro atoms. The molecule has 2 rings (SSSR count). The summed E-state index contributed by atoms with van der Waals surface area (Å²) in [6, 6.07) is 0. The van der Waals surface area contributed by atoms with Gasteiger partial charge in [-0.1, -0.05) is 6.92 Å². The highest BCUT2D eigenvalue weighted by Crippen LogP contribution is 2.54. The second-order valence-corrected chi connectivity index (χ2v) is 3.80. The summed E-state index contributed by atoms with van der Waals surface area (Å²) < 4.78 is 0. The van der Waals surface area contributed by atoms with Crippen LogP contribution >= 0.6 is 11.8 Å². The third-order valence-electron chi connectivity index (χ3n) is 2.38. The zero-order chi connectivity index (χ0) is 4.85. The van der Waals surface area contributed by atoms with Crippen LogP contribution in [0.1, 0.15) is 6.92 Å².